The third kappa shape index (κ3) is 2.61. The second-order valence-corrected chi connectivity index (χ2v) is 4.34. The van der Waals surface area contributed by atoms with Crippen molar-refractivity contribution in [3.8, 4) is 11.1 Å². The van der Waals surface area contributed by atoms with E-state index in [1.54, 1.807) is 0 Å². The molecule has 0 aromatic heterocycles. The van der Waals surface area contributed by atoms with Crippen LogP contribution in [0, 0.1) is 0 Å². The topological polar surface area (TPSA) is 0 Å². The maximum Gasteiger partial charge on any atom is 0.0412 e. The molecule has 2 rings (SSSR count). The monoisotopic (exact) mass is 280 g/mol. The van der Waals surface area contributed by atoms with Crippen molar-refractivity contribution in [2.45, 2.75) is 5.33 Å². The third-order valence-corrected chi connectivity index (χ3v) is 3.12. The van der Waals surface area contributed by atoms with Gasteiger partial charge in [0.05, 0.1) is 0 Å². The van der Waals surface area contributed by atoms with Crippen LogP contribution in [-0.4, -0.2) is 0 Å². The van der Waals surface area contributed by atoms with Crippen LogP contribution in [0.15, 0.2) is 48.5 Å². The van der Waals surface area contributed by atoms with E-state index < -0.39 is 0 Å². The van der Waals surface area contributed by atoms with E-state index in [0.717, 1.165) is 15.9 Å². The first-order valence-electron chi connectivity index (χ1n) is 4.70. The number of hydrogen-bond donors (Lipinski definition) is 0. The fourth-order valence-corrected chi connectivity index (χ4v) is 2.04. The molecule has 0 saturated carbocycles. The van der Waals surface area contributed by atoms with Gasteiger partial charge in [-0.1, -0.05) is 63.9 Å². The van der Waals surface area contributed by atoms with Crippen molar-refractivity contribution in [2.24, 2.45) is 0 Å². The molecular weight excluding hydrogens is 272 g/mol. The van der Waals surface area contributed by atoms with Gasteiger partial charge in [-0.25, -0.2) is 0 Å². The zero-order valence-electron chi connectivity index (χ0n) is 8.08. The van der Waals surface area contributed by atoms with Crippen LogP contribution in [-0.2, 0) is 5.33 Å². The predicted octanol–water partition coefficient (Wildman–Crippen LogP) is 4.90. The molecule has 0 aliphatic rings. The SMILES string of the molecule is Clc1cccc(-c2cccc(CBr)c2)c1. The minimum atomic E-state index is 0.775. The molecule has 0 unspecified atom stereocenters. The summed E-state index contributed by atoms with van der Waals surface area (Å²) < 4.78 is 0. The van der Waals surface area contributed by atoms with E-state index in [1.165, 1.54) is 11.1 Å². The molecule has 0 aliphatic heterocycles. The Hall–Kier alpha value is -0.790. The molecule has 15 heavy (non-hydrogen) atoms. The molecule has 0 spiro atoms. The van der Waals surface area contributed by atoms with Gasteiger partial charge in [0.15, 0.2) is 0 Å². The second-order valence-electron chi connectivity index (χ2n) is 3.34. The van der Waals surface area contributed by atoms with Crippen LogP contribution in [0.4, 0.5) is 0 Å². The first-order chi connectivity index (χ1) is 7.29. The zero-order valence-corrected chi connectivity index (χ0v) is 10.4. The summed E-state index contributed by atoms with van der Waals surface area (Å²) in [6.45, 7) is 0. The molecule has 0 radical (unpaired) electrons. The predicted molar refractivity (Wildman–Crippen MR) is 69.5 cm³/mol. The molecule has 0 N–H and O–H groups in total. The minimum absolute atomic E-state index is 0.775. The Balaban J connectivity index is 2.44. The summed E-state index contributed by atoms with van der Waals surface area (Å²) in [4.78, 5) is 0. The van der Waals surface area contributed by atoms with Crippen molar-refractivity contribution in [1.29, 1.82) is 0 Å². The van der Waals surface area contributed by atoms with E-state index in [2.05, 4.69) is 46.3 Å². The van der Waals surface area contributed by atoms with Gasteiger partial charge in [-0.2, -0.15) is 0 Å². The van der Waals surface area contributed by atoms with Crippen molar-refractivity contribution in [2.75, 3.05) is 0 Å². The van der Waals surface area contributed by atoms with Crippen LogP contribution in [0.25, 0.3) is 11.1 Å². The number of halogens is 2. The largest absolute Gasteiger partial charge is 0.0876 e. The van der Waals surface area contributed by atoms with Crippen molar-refractivity contribution in [1.82, 2.24) is 0 Å². The molecule has 0 amide bonds. The molecule has 2 aromatic rings. The van der Waals surface area contributed by atoms with Crippen LogP contribution < -0.4 is 0 Å². The molecule has 0 saturated heterocycles. The number of benzene rings is 2. The van der Waals surface area contributed by atoms with Crippen molar-refractivity contribution in [3.63, 3.8) is 0 Å². The van der Waals surface area contributed by atoms with Gasteiger partial charge in [-0.15, -0.1) is 0 Å². The summed E-state index contributed by atoms with van der Waals surface area (Å²) in [6, 6.07) is 16.3. The summed E-state index contributed by atoms with van der Waals surface area (Å²) in [5.74, 6) is 0. The van der Waals surface area contributed by atoms with E-state index in [1.807, 2.05) is 18.2 Å². The highest BCUT2D eigenvalue weighted by Gasteiger charge is 1.99. The fourth-order valence-electron chi connectivity index (χ4n) is 1.50. The highest BCUT2D eigenvalue weighted by Crippen LogP contribution is 2.23. The molecule has 76 valence electrons. The van der Waals surface area contributed by atoms with Crippen molar-refractivity contribution in [3.05, 3.63) is 59.1 Å². The Morgan fingerprint density at radius 1 is 0.933 bits per heavy atom. The van der Waals surface area contributed by atoms with Gasteiger partial charge < -0.3 is 0 Å². The lowest BCUT2D eigenvalue weighted by Gasteiger charge is -2.03. The summed E-state index contributed by atoms with van der Waals surface area (Å²) in [5, 5.41) is 1.65. The summed E-state index contributed by atoms with van der Waals surface area (Å²) in [6.07, 6.45) is 0. The van der Waals surface area contributed by atoms with Gasteiger partial charge in [-0.05, 0) is 28.8 Å². The van der Waals surface area contributed by atoms with Gasteiger partial charge in [0, 0.05) is 10.4 Å². The highest BCUT2D eigenvalue weighted by atomic mass is 79.9. The average Bonchev–Trinajstić information content (AvgIpc) is 2.29. The minimum Gasteiger partial charge on any atom is -0.0876 e. The van der Waals surface area contributed by atoms with Crippen LogP contribution >= 0.6 is 27.5 Å². The van der Waals surface area contributed by atoms with E-state index in [9.17, 15) is 0 Å². The Morgan fingerprint density at radius 2 is 1.60 bits per heavy atom. The maximum absolute atomic E-state index is 5.96. The van der Waals surface area contributed by atoms with Gasteiger partial charge in [0.25, 0.3) is 0 Å². The molecule has 0 heterocycles. The van der Waals surface area contributed by atoms with Crippen molar-refractivity contribution < 1.29 is 0 Å². The third-order valence-electron chi connectivity index (χ3n) is 2.24. The Bertz CT molecular complexity index is 466. The number of rotatable bonds is 2. The van der Waals surface area contributed by atoms with Crippen LogP contribution in [0.5, 0.6) is 0 Å². The normalized spacial score (nSPS) is 10.3. The van der Waals surface area contributed by atoms with Crippen molar-refractivity contribution >= 4 is 27.5 Å². The second kappa shape index (κ2) is 4.82. The average molecular weight is 282 g/mol. The van der Waals surface area contributed by atoms with E-state index in [4.69, 9.17) is 11.6 Å². The first kappa shape index (κ1) is 10.7. The lowest BCUT2D eigenvalue weighted by atomic mass is 10.0. The quantitative estimate of drug-likeness (QED) is 0.687. The standard InChI is InChI=1S/C13H10BrCl/c14-9-10-3-1-4-11(7-10)12-5-2-6-13(15)8-12/h1-8H,9H2. The van der Waals surface area contributed by atoms with Gasteiger partial charge in [0.1, 0.15) is 0 Å². The summed E-state index contributed by atoms with van der Waals surface area (Å²) in [7, 11) is 0. The number of alkyl halides is 1. The Kier molecular flexibility index (Phi) is 3.45. The first-order valence-corrected chi connectivity index (χ1v) is 6.20. The number of hydrogen-bond acceptors (Lipinski definition) is 0. The van der Waals surface area contributed by atoms with E-state index >= 15 is 0 Å². The maximum atomic E-state index is 5.96. The molecule has 0 bridgehead atoms. The summed E-state index contributed by atoms with van der Waals surface area (Å²) in [5.41, 5.74) is 3.63. The lowest BCUT2D eigenvalue weighted by molar-refractivity contribution is 1.43. The molecule has 0 atom stereocenters. The van der Waals surface area contributed by atoms with Gasteiger partial charge in [0.2, 0.25) is 0 Å². The molecule has 0 aliphatic carbocycles. The molecule has 2 aromatic carbocycles. The smallest absolute Gasteiger partial charge is 0.0412 e. The Morgan fingerprint density at radius 3 is 2.27 bits per heavy atom. The lowest BCUT2D eigenvalue weighted by Crippen LogP contribution is -1.81. The molecular formula is C13H10BrCl. The van der Waals surface area contributed by atoms with Gasteiger partial charge in [-0.3, -0.25) is 0 Å². The highest BCUT2D eigenvalue weighted by molar-refractivity contribution is 9.08. The summed E-state index contributed by atoms with van der Waals surface area (Å²) >= 11 is 9.41. The van der Waals surface area contributed by atoms with Gasteiger partial charge >= 0.3 is 0 Å². The fraction of sp³-hybridized carbons (Fsp3) is 0.0769. The molecule has 0 fully saturated rings. The van der Waals surface area contributed by atoms with E-state index in [0.29, 0.717) is 0 Å². The Labute approximate surface area is 103 Å². The van der Waals surface area contributed by atoms with Crippen LogP contribution in [0.3, 0.4) is 0 Å². The zero-order chi connectivity index (χ0) is 10.7. The van der Waals surface area contributed by atoms with Crippen LogP contribution in [0.2, 0.25) is 5.02 Å². The molecule has 0 nitrogen and oxygen atoms in total. The van der Waals surface area contributed by atoms with Crippen LogP contribution in [0.1, 0.15) is 5.56 Å². The van der Waals surface area contributed by atoms with E-state index in [-0.39, 0.29) is 0 Å². The molecule has 2 heteroatoms.